The first kappa shape index (κ1) is 17.7. The second-order valence-electron chi connectivity index (χ2n) is 7.13. The van der Waals surface area contributed by atoms with E-state index in [0.717, 1.165) is 25.7 Å². The van der Waals surface area contributed by atoms with E-state index < -0.39 is 11.4 Å². The number of aromatic nitrogens is 3. The summed E-state index contributed by atoms with van der Waals surface area (Å²) in [4.78, 5) is 12.5. The monoisotopic (exact) mass is 345 g/mol. The van der Waals surface area contributed by atoms with Crippen molar-refractivity contribution < 1.29 is 9.50 Å². The normalized spacial score (nSPS) is 21.2. The molecular weight excluding hydrogens is 321 g/mol. The van der Waals surface area contributed by atoms with Gasteiger partial charge in [-0.1, -0.05) is 0 Å². The Hall–Kier alpha value is -2.12. The van der Waals surface area contributed by atoms with Gasteiger partial charge in [-0.2, -0.15) is 0 Å². The van der Waals surface area contributed by atoms with Crippen LogP contribution >= 0.6 is 0 Å². The van der Waals surface area contributed by atoms with E-state index in [9.17, 15) is 9.50 Å². The Labute approximate surface area is 146 Å². The molecule has 1 aliphatic carbocycles. The summed E-state index contributed by atoms with van der Waals surface area (Å²) in [5.41, 5.74) is 6.02. The molecule has 134 valence electrons. The lowest BCUT2D eigenvalue weighted by Crippen LogP contribution is -2.33. The summed E-state index contributed by atoms with van der Waals surface area (Å²) in [5, 5.41) is 13.4. The molecule has 0 radical (unpaired) electrons. The average Bonchev–Trinajstić information content (AvgIpc) is 2.58. The van der Waals surface area contributed by atoms with Crippen LogP contribution in [0.1, 0.15) is 45.2 Å². The maximum Gasteiger partial charge on any atom is 0.223 e. The van der Waals surface area contributed by atoms with E-state index in [1.807, 2.05) is 0 Å². The third-order valence-corrected chi connectivity index (χ3v) is 4.51. The van der Waals surface area contributed by atoms with Gasteiger partial charge in [-0.05, 0) is 51.7 Å². The Morgan fingerprint density at radius 3 is 2.64 bits per heavy atom. The van der Waals surface area contributed by atoms with Crippen molar-refractivity contribution in [2.45, 2.75) is 57.2 Å². The van der Waals surface area contributed by atoms with Crippen LogP contribution in [0, 0.1) is 5.82 Å². The molecule has 0 spiro atoms. The molecule has 0 bridgehead atoms. The summed E-state index contributed by atoms with van der Waals surface area (Å²) in [5.74, 6) is -0.109. The van der Waals surface area contributed by atoms with Crippen molar-refractivity contribution in [2.24, 2.45) is 5.73 Å². The molecule has 6 nitrogen and oxygen atoms in total. The number of hydrogen-bond acceptors (Lipinski definition) is 6. The molecule has 4 N–H and O–H groups in total. The van der Waals surface area contributed by atoms with Gasteiger partial charge in [0.2, 0.25) is 5.95 Å². The summed E-state index contributed by atoms with van der Waals surface area (Å²) in [6, 6.07) is 3.83. The first-order valence-electron chi connectivity index (χ1n) is 8.57. The smallest absolute Gasteiger partial charge is 0.223 e. The van der Waals surface area contributed by atoms with Crippen LogP contribution in [-0.4, -0.2) is 32.1 Å². The van der Waals surface area contributed by atoms with Crippen molar-refractivity contribution in [3.8, 4) is 11.3 Å². The van der Waals surface area contributed by atoms with E-state index in [-0.39, 0.29) is 17.8 Å². The molecule has 1 fully saturated rings. The Morgan fingerprint density at radius 1 is 1.24 bits per heavy atom. The first-order valence-corrected chi connectivity index (χ1v) is 8.57. The van der Waals surface area contributed by atoms with E-state index in [1.165, 1.54) is 6.20 Å². The first-order chi connectivity index (χ1) is 11.8. The number of halogens is 1. The predicted molar refractivity (Wildman–Crippen MR) is 94.3 cm³/mol. The van der Waals surface area contributed by atoms with E-state index >= 15 is 0 Å². The van der Waals surface area contributed by atoms with Crippen LogP contribution in [0.4, 0.5) is 10.3 Å². The van der Waals surface area contributed by atoms with Crippen molar-refractivity contribution in [3.05, 3.63) is 36.0 Å². The average molecular weight is 345 g/mol. The van der Waals surface area contributed by atoms with Crippen molar-refractivity contribution in [2.75, 3.05) is 5.32 Å². The van der Waals surface area contributed by atoms with Gasteiger partial charge in [0.05, 0.1) is 11.9 Å². The lowest BCUT2D eigenvalue weighted by molar-refractivity contribution is 0.0739. The summed E-state index contributed by atoms with van der Waals surface area (Å²) in [7, 11) is 0. The van der Waals surface area contributed by atoms with Crippen LogP contribution < -0.4 is 11.1 Å². The van der Waals surface area contributed by atoms with E-state index in [0.29, 0.717) is 17.2 Å². The summed E-state index contributed by atoms with van der Waals surface area (Å²) >= 11 is 0. The number of pyridine rings is 1. The Balaban J connectivity index is 1.85. The highest BCUT2D eigenvalue weighted by Gasteiger charge is 2.21. The van der Waals surface area contributed by atoms with Gasteiger partial charge in [-0.25, -0.2) is 14.4 Å². The van der Waals surface area contributed by atoms with Crippen LogP contribution in [0.15, 0.2) is 24.5 Å². The quantitative estimate of drug-likeness (QED) is 0.788. The predicted octanol–water partition coefficient (Wildman–Crippen LogP) is 2.59. The molecule has 7 heteroatoms. The van der Waals surface area contributed by atoms with Gasteiger partial charge in [-0.3, -0.25) is 4.98 Å². The minimum absolute atomic E-state index is 0.193. The lowest BCUT2D eigenvalue weighted by Gasteiger charge is -2.26. The topological polar surface area (TPSA) is 97.0 Å². The standard InChI is InChI=1S/C18H24FN5O/c1-18(2,25)15-9-11(7-8-21-15)16-14(19)10-22-17(24-16)23-13-5-3-12(20)4-6-13/h7-10,12-13,25H,3-6,20H2,1-2H3,(H,22,23,24). The Morgan fingerprint density at radius 2 is 1.96 bits per heavy atom. The minimum Gasteiger partial charge on any atom is -0.384 e. The molecule has 1 aliphatic rings. The van der Waals surface area contributed by atoms with Crippen LogP contribution in [0.25, 0.3) is 11.3 Å². The highest BCUT2D eigenvalue weighted by molar-refractivity contribution is 5.61. The number of hydrogen-bond donors (Lipinski definition) is 3. The number of anilines is 1. The zero-order chi connectivity index (χ0) is 18.0. The molecule has 0 saturated heterocycles. The highest BCUT2D eigenvalue weighted by atomic mass is 19.1. The third kappa shape index (κ3) is 4.29. The van der Waals surface area contributed by atoms with Crippen LogP contribution in [0.5, 0.6) is 0 Å². The van der Waals surface area contributed by atoms with Gasteiger partial charge in [-0.15, -0.1) is 0 Å². The summed E-state index contributed by atoms with van der Waals surface area (Å²) in [6.07, 6.45) is 6.55. The fourth-order valence-corrected chi connectivity index (χ4v) is 3.00. The fourth-order valence-electron chi connectivity index (χ4n) is 3.00. The molecule has 3 rings (SSSR count). The molecule has 0 aromatic carbocycles. The molecule has 25 heavy (non-hydrogen) atoms. The number of aliphatic hydroxyl groups is 1. The molecular formula is C18H24FN5O. The van der Waals surface area contributed by atoms with Gasteiger partial charge >= 0.3 is 0 Å². The van der Waals surface area contributed by atoms with Crippen molar-refractivity contribution in [3.63, 3.8) is 0 Å². The second kappa shape index (κ2) is 7.01. The largest absolute Gasteiger partial charge is 0.384 e. The zero-order valence-electron chi connectivity index (χ0n) is 14.5. The van der Waals surface area contributed by atoms with Gasteiger partial charge < -0.3 is 16.2 Å². The molecule has 1 saturated carbocycles. The molecule has 0 unspecified atom stereocenters. The number of nitrogens with two attached hydrogens (primary N) is 1. The number of nitrogens with one attached hydrogen (secondary N) is 1. The fraction of sp³-hybridized carbons (Fsp3) is 0.500. The molecule has 0 amide bonds. The van der Waals surface area contributed by atoms with Crippen LogP contribution in [0.3, 0.4) is 0 Å². The number of rotatable bonds is 4. The van der Waals surface area contributed by atoms with Crippen molar-refractivity contribution >= 4 is 5.95 Å². The second-order valence-corrected chi connectivity index (χ2v) is 7.13. The highest BCUT2D eigenvalue weighted by Crippen LogP contribution is 2.26. The minimum atomic E-state index is -1.11. The van der Waals surface area contributed by atoms with Gasteiger partial charge in [0.25, 0.3) is 0 Å². The van der Waals surface area contributed by atoms with Crippen LogP contribution in [0.2, 0.25) is 0 Å². The molecule has 0 aliphatic heterocycles. The maximum absolute atomic E-state index is 14.3. The zero-order valence-corrected chi connectivity index (χ0v) is 14.5. The van der Waals surface area contributed by atoms with E-state index in [4.69, 9.17) is 5.73 Å². The Bertz CT molecular complexity index is 738. The van der Waals surface area contributed by atoms with Crippen molar-refractivity contribution in [1.82, 2.24) is 15.0 Å². The SMILES string of the molecule is CC(C)(O)c1cc(-c2nc(NC3CCC(N)CC3)ncc2F)ccn1. The lowest BCUT2D eigenvalue weighted by atomic mass is 9.92. The third-order valence-electron chi connectivity index (χ3n) is 4.51. The number of nitrogens with zero attached hydrogens (tertiary/aromatic N) is 3. The van der Waals surface area contributed by atoms with Crippen molar-refractivity contribution in [1.29, 1.82) is 0 Å². The molecule has 0 atom stereocenters. The molecule has 2 aromatic heterocycles. The van der Waals surface area contributed by atoms with E-state index in [1.54, 1.807) is 32.2 Å². The van der Waals surface area contributed by atoms with Gasteiger partial charge in [0.15, 0.2) is 5.82 Å². The molecule has 2 heterocycles. The Kier molecular flexibility index (Phi) is 4.96. The van der Waals surface area contributed by atoms with Gasteiger partial charge in [0, 0.05) is 23.8 Å². The van der Waals surface area contributed by atoms with Crippen LogP contribution in [-0.2, 0) is 5.60 Å². The maximum atomic E-state index is 14.3. The summed E-state index contributed by atoms with van der Waals surface area (Å²) < 4.78 is 14.3. The van der Waals surface area contributed by atoms with E-state index in [2.05, 4.69) is 20.3 Å². The summed E-state index contributed by atoms with van der Waals surface area (Å²) in [6.45, 7) is 3.27. The molecule has 2 aromatic rings. The van der Waals surface area contributed by atoms with Gasteiger partial charge in [0.1, 0.15) is 11.3 Å².